The molecule has 1 unspecified atom stereocenters. The molecule has 0 radical (unpaired) electrons. The van der Waals surface area contributed by atoms with E-state index >= 15 is 0 Å². The van der Waals surface area contributed by atoms with Gasteiger partial charge in [0.1, 0.15) is 5.75 Å². The number of rotatable bonds is 2. The quantitative estimate of drug-likeness (QED) is 0.895. The molecule has 100 valence electrons. The molecule has 2 rings (SSSR count). The van der Waals surface area contributed by atoms with Gasteiger partial charge >= 0.3 is 0 Å². The standard InChI is InChI=1S/C14H20ClNO2/c1-9-5-13(17-4)11(15)6-10(9)12-7-18-8-14(2,3)16-12/h5-6,12,16H,7-8H2,1-4H3. The van der Waals surface area contributed by atoms with Crippen LogP contribution in [0.3, 0.4) is 0 Å². The van der Waals surface area contributed by atoms with Gasteiger partial charge in [-0.25, -0.2) is 0 Å². The van der Waals surface area contributed by atoms with Crippen molar-refractivity contribution in [2.45, 2.75) is 32.4 Å². The van der Waals surface area contributed by atoms with Crippen LogP contribution in [0, 0.1) is 6.92 Å². The summed E-state index contributed by atoms with van der Waals surface area (Å²) in [5.41, 5.74) is 2.32. The molecule has 18 heavy (non-hydrogen) atoms. The molecule has 1 N–H and O–H groups in total. The maximum Gasteiger partial charge on any atom is 0.137 e. The minimum Gasteiger partial charge on any atom is -0.495 e. The maximum atomic E-state index is 6.20. The van der Waals surface area contributed by atoms with E-state index in [1.165, 1.54) is 5.56 Å². The van der Waals surface area contributed by atoms with Crippen LogP contribution in [-0.2, 0) is 4.74 Å². The van der Waals surface area contributed by atoms with E-state index in [0.29, 0.717) is 17.4 Å². The predicted molar refractivity (Wildman–Crippen MR) is 73.5 cm³/mol. The Bertz CT molecular complexity index is 446. The molecule has 1 aliphatic heterocycles. The molecule has 0 amide bonds. The second-order valence-electron chi connectivity index (χ2n) is 5.44. The molecule has 0 saturated carbocycles. The van der Waals surface area contributed by atoms with Crippen molar-refractivity contribution in [1.82, 2.24) is 5.32 Å². The molecule has 1 atom stereocenters. The first-order valence-corrected chi connectivity index (χ1v) is 6.50. The number of halogens is 1. The molecule has 1 saturated heterocycles. The summed E-state index contributed by atoms with van der Waals surface area (Å²) in [6.07, 6.45) is 0. The molecule has 4 heteroatoms. The summed E-state index contributed by atoms with van der Waals surface area (Å²) in [6.45, 7) is 7.75. The Kier molecular flexibility index (Phi) is 3.85. The Hall–Kier alpha value is -0.770. The largest absolute Gasteiger partial charge is 0.495 e. The molecule has 1 aliphatic rings. The molecular formula is C14H20ClNO2. The van der Waals surface area contributed by atoms with Gasteiger partial charge in [0.25, 0.3) is 0 Å². The number of methoxy groups -OCH3 is 1. The van der Waals surface area contributed by atoms with Crippen LogP contribution in [0.4, 0.5) is 0 Å². The lowest BCUT2D eigenvalue weighted by Gasteiger charge is -2.37. The summed E-state index contributed by atoms with van der Waals surface area (Å²) in [6, 6.07) is 4.12. The fourth-order valence-corrected chi connectivity index (χ4v) is 2.61. The lowest BCUT2D eigenvalue weighted by molar-refractivity contribution is 0.0126. The van der Waals surface area contributed by atoms with E-state index < -0.39 is 0 Å². The summed E-state index contributed by atoms with van der Waals surface area (Å²) < 4.78 is 10.9. The van der Waals surface area contributed by atoms with Gasteiger partial charge in [-0.2, -0.15) is 0 Å². The smallest absolute Gasteiger partial charge is 0.137 e. The van der Waals surface area contributed by atoms with Crippen LogP contribution in [0.15, 0.2) is 12.1 Å². The van der Waals surface area contributed by atoms with Gasteiger partial charge in [0.2, 0.25) is 0 Å². The minimum atomic E-state index is -0.0121. The van der Waals surface area contributed by atoms with Gasteiger partial charge < -0.3 is 14.8 Å². The summed E-state index contributed by atoms with van der Waals surface area (Å²) in [7, 11) is 1.63. The van der Waals surface area contributed by atoms with E-state index in [1.807, 2.05) is 12.1 Å². The molecule has 1 heterocycles. The van der Waals surface area contributed by atoms with Gasteiger partial charge in [0, 0.05) is 5.54 Å². The van der Waals surface area contributed by atoms with Crippen molar-refractivity contribution in [3.63, 3.8) is 0 Å². The summed E-state index contributed by atoms with van der Waals surface area (Å²) in [4.78, 5) is 0. The van der Waals surface area contributed by atoms with E-state index in [9.17, 15) is 0 Å². The van der Waals surface area contributed by atoms with Crippen LogP contribution in [0.2, 0.25) is 5.02 Å². The Morgan fingerprint density at radius 2 is 2.17 bits per heavy atom. The van der Waals surface area contributed by atoms with E-state index in [0.717, 1.165) is 12.2 Å². The highest BCUT2D eigenvalue weighted by Crippen LogP contribution is 2.32. The van der Waals surface area contributed by atoms with Crippen LogP contribution >= 0.6 is 11.6 Å². The molecule has 3 nitrogen and oxygen atoms in total. The molecule has 1 aromatic carbocycles. The molecule has 1 aromatic rings. The topological polar surface area (TPSA) is 30.5 Å². The summed E-state index contributed by atoms with van der Waals surface area (Å²) in [5.74, 6) is 0.717. The first-order chi connectivity index (χ1) is 8.43. The lowest BCUT2D eigenvalue weighted by Crippen LogP contribution is -2.51. The molecule has 0 aromatic heterocycles. The van der Waals surface area contributed by atoms with Gasteiger partial charge in [-0.3, -0.25) is 0 Å². The van der Waals surface area contributed by atoms with Gasteiger partial charge in [0.15, 0.2) is 0 Å². The van der Waals surface area contributed by atoms with Crippen LogP contribution in [0.1, 0.15) is 31.0 Å². The average molecular weight is 270 g/mol. The first-order valence-electron chi connectivity index (χ1n) is 6.12. The van der Waals surface area contributed by atoms with Gasteiger partial charge in [-0.15, -0.1) is 0 Å². The van der Waals surface area contributed by atoms with E-state index in [-0.39, 0.29) is 11.6 Å². The zero-order chi connectivity index (χ0) is 13.3. The van der Waals surface area contributed by atoms with Crippen molar-refractivity contribution in [2.24, 2.45) is 0 Å². The fraction of sp³-hybridized carbons (Fsp3) is 0.571. The third-order valence-electron chi connectivity index (χ3n) is 3.23. The SMILES string of the molecule is COc1cc(C)c(C2COCC(C)(C)N2)cc1Cl. The second kappa shape index (κ2) is 5.08. The summed E-state index contributed by atoms with van der Waals surface area (Å²) in [5, 5.41) is 4.23. The number of hydrogen-bond acceptors (Lipinski definition) is 3. The van der Waals surface area contributed by atoms with E-state index in [4.69, 9.17) is 21.1 Å². The number of morpholine rings is 1. The zero-order valence-corrected chi connectivity index (χ0v) is 12.1. The monoisotopic (exact) mass is 269 g/mol. The zero-order valence-electron chi connectivity index (χ0n) is 11.3. The van der Waals surface area contributed by atoms with Crippen LogP contribution in [0.5, 0.6) is 5.75 Å². The fourth-order valence-electron chi connectivity index (χ4n) is 2.36. The van der Waals surface area contributed by atoms with Crippen molar-refractivity contribution >= 4 is 11.6 Å². The first kappa shape index (κ1) is 13.7. The van der Waals surface area contributed by atoms with E-state index in [1.54, 1.807) is 7.11 Å². The van der Waals surface area contributed by atoms with Crippen molar-refractivity contribution < 1.29 is 9.47 Å². The second-order valence-corrected chi connectivity index (χ2v) is 5.85. The highest BCUT2D eigenvalue weighted by atomic mass is 35.5. The average Bonchev–Trinajstić information content (AvgIpc) is 2.30. The molecule has 1 fully saturated rings. The Morgan fingerprint density at radius 1 is 1.44 bits per heavy atom. The van der Waals surface area contributed by atoms with Crippen molar-refractivity contribution in [3.05, 3.63) is 28.3 Å². The number of aryl methyl sites for hydroxylation is 1. The number of hydrogen-bond donors (Lipinski definition) is 1. The van der Waals surface area contributed by atoms with E-state index in [2.05, 4.69) is 26.1 Å². The number of ether oxygens (including phenoxy) is 2. The number of benzene rings is 1. The molecular weight excluding hydrogens is 250 g/mol. The Balaban J connectivity index is 2.30. The summed E-state index contributed by atoms with van der Waals surface area (Å²) >= 11 is 6.20. The predicted octanol–water partition coefficient (Wildman–Crippen LogP) is 3.10. The van der Waals surface area contributed by atoms with Crippen LogP contribution < -0.4 is 10.1 Å². The van der Waals surface area contributed by atoms with Crippen molar-refractivity contribution in [1.29, 1.82) is 0 Å². The maximum absolute atomic E-state index is 6.20. The Morgan fingerprint density at radius 3 is 2.78 bits per heavy atom. The Labute approximate surface area is 113 Å². The molecule has 0 aliphatic carbocycles. The van der Waals surface area contributed by atoms with Crippen molar-refractivity contribution in [2.75, 3.05) is 20.3 Å². The van der Waals surface area contributed by atoms with Crippen LogP contribution in [0.25, 0.3) is 0 Å². The van der Waals surface area contributed by atoms with Crippen LogP contribution in [-0.4, -0.2) is 25.9 Å². The molecule has 0 bridgehead atoms. The normalized spacial score (nSPS) is 22.8. The highest BCUT2D eigenvalue weighted by Gasteiger charge is 2.29. The van der Waals surface area contributed by atoms with Gasteiger partial charge in [-0.1, -0.05) is 11.6 Å². The number of nitrogens with one attached hydrogen (secondary N) is 1. The third kappa shape index (κ3) is 2.79. The van der Waals surface area contributed by atoms with Crippen molar-refractivity contribution in [3.8, 4) is 5.75 Å². The molecule has 0 spiro atoms. The highest BCUT2D eigenvalue weighted by molar-refractivity contribution is 6.32. The van der Waals surface area contributed by atoms with Gasteiger partial charge in [0.05, 0.1) is 31.4 Å². The lowest BCUT2D eigenvalue weighted by atomic mass is 9.96. The van der Waals surface area contributed by atoms with Gasteiger partial charge in [-0.05, 0) is 44.0 Å². The minimum absolute atomic E-state index is 0.0121. The third-order valence-corrected chi connectivity index (χ3v) is 3.52.